The van der Waals surface area contributed by atoms with Crippen molar-refractivity contribution < 1.29 is 46.9 Å². The monoisotopic (exact) mass is 513 g/mol. The molecular formula is C18H35N5O10S. The van der Waals surface area contributed by atoms with Gasteiger partial charge in [-0.2, -0.15) is 0 Å². The van der Waals surface area contributed by atoms with E-state index >= 15 is 0 Å². The molecule has 3 atom stereocenters. The number of hydrogen-bond donors (Lipinski definition) is 6. The number of aliphatic hydroxyl groups excluding tert-OH is 1. The third-order valence-corrected chi connectivity index (χ3v) is 5.71. The second-order valence-electron chi connectivity index (χ2n) is 7.26. The van der Waals surface area contributed by atoms with Crippen LogP contribution in [0.15, 0.2) is 0 Å². The summed E-state index contributed by atoms with van der Waals surface area (Å²) in [5, 5.41) is 18.3. The summed E-state index contributed by atoms with van der Waals surface area (Å²) in [5.41, 5.74) is 5.67. The third-order valence-electron chi connectivity index (χ3n) is 3.96. The van der Waals surface area contributed by atoms with Crippen molar-refractivity contribution in [3.8, 4) is 0 Å². The molecule has 0 aromatic carbocycles. The second-order valence-corrected chi connectivity index (χ2v) is 9.42. The van der Waals surface area contributed by atoms with Crippen molar-refractivity contribution in [1.82, 2.24) is 21.3 Å². The summed E-state index contributed by atoms with van der Waals surface area (Å²) >= 11 is 0. The van der Waals surface area contributed by atoms with E-state index in [2.05, 4.69) is 21.3 Å². The molecule has 0 bridgehead atoms. The molecule has 0 radical (unpaired) electrons. The lowest BCUT2D eigenvalue weighted by atomic mass is 10.2. The van der Waals surface area contributed by atoms with Gasteiger partial charge in [0.05, 0.1) is 36.9 Å². The normalized spacial score (nSPS) is 13.9. The number of hydrogen-bond acceptors (Lipinski definition) is 11. The average Bonchev–Trinajstić information content (AvgIpc) is 2.76. The molecule has 7 N–H and O–H groups in total. The molecule has 0 fully saturated rings. The zero-order valence-corrected chi connectivity index (χ0v) is 20.5. The minimum Gasteiger partial charge on any atom is -0.446 e. The number of amides is 4. The second kappa shape index (κ2) is 16.0. The molecule has 0 aromatic heterocycles. The van der Waals surface area contributed by atoms with Crippen molar-refractivity contribution in [2.45, 2.75) is 38.1 Å². The van der Waals surface area contributed by atoms with E-state index in [9.17, 15) is 32.7 Å². The highest BCUT2D eigenvalue weighted by Crippen LogP contribution is 2.04. The van der Waals surface area contributed by atoms with Crippen molar-refractivity contribution in [2.24, 2.45) is 5.73 Å². The first-order chi connectivity index (χ1) is 15.8. The van der Waals surface area contributed by atoms with Gasteiger partial charge in [0.1, 0.15) is 12.6 Å². The number of nitrogens with one attached hydrogen (secondary N) is 4. The Morgan fingerprint density at radius 3 is 2.15 bits per heavy atom. The molecule has 0 heterocycles. The Morgan fingerprint density at radius 1 is 1.00 bits per heavy atom. The molecule has 0 saturated heterocycles. The molecule has 34 heavy (non-hydrogen) atoms. The van der Waals surface area contributed by atoms with Gasteiger partial charge in [-0.15, -0.1) is 0 Å². The molecule has 198 valence electrons. The maximum atomic E-state index is 12.5. The Balaban J connectivity index is 4.94. The number of alkyl carbamates (subject to hydrolysis) is 2. The smallest absolute Gasteiger partial charge is 0.407 e. The van der Waals surface area contributed by atoms with Crippen molar-refractivity contribution >= 4 is 33.8 Å². The van der Waals surface area contributed by atoms with E-state index in [1.807, 2.05) is 13.8 Å². The fourth-order valence-electron chi connectivity index (χ4n) is 2.33. The summed E-state index contributed by atoms with van der Waals surface area (Å²) in [6.45, 7) is 2.67. The molecule has 0 aliphatic heterocycles. The van der Waals surface area contributed by atoms with Crippen molar-refractivity contribution in [1.29, 1.82) is 0 Å². The maximum absolute atomic E-state index is 12.5. The van der Waals surface area contributed by atoms with Crippen LogP contribution < -0.4 is 27.0 Å². The van der Waals surface area contributed by atoms with E-state index in [0.29, 0.717) is 0 Å². The van der Waals surface area contributed by atoms with Gasteiger partial charge in [0.2, 0.25) is 11.8 Å². The van der Waals surface area contributed by atoms with Crippen LogP contribution in [-0.4, -0.2) is 114 Å². The number of carbonyl (C=O) groups is 4. The lowest BCUT2D eigenvalue weighted by Crippen LogP contribution is -2.55. The van der Waals surface area contributed by atoms with Gasteiger partial charge in [-0.05, 0) is 13.8 Å². The molecule has 0 spiro atoms. The first-order valence-corrected chi connectivity index (χ1v) is 12.2. The molecule has 0 aromatic rings. The van der Waals surface area contributed by atoms with Gasteiger partial charge in [0.25, 0.3) is 0 Å². The summed E-state index contributed by atoms with van der Waals surface area (Å²) in [6, 6.07) is -2.96. The minimum absolute atomic E-state index is 0.0399. The molecule has 15 nitrogen and oxygen atoms in total. The van der Waals surface area contributed by atoms with Crippen LogP contribution in [0.25, 0.3) is 0 Å². The number of aliphatic hydroxyl groups is 1. The van der Waals surface area contributed by atoms with Gasteiger partial charge in [0.15, 0.2) is 15.9 Å². The van der Waals surface area contributed by atoms with Gasteiger partial charge in [-0.1, -0.05) is 0 Å². The maximum Gasteiger partial charge on any atom is 0.407 e. The fourth-order valence-corrected chi connectivity index (χ4v) is 3.90. The molecule has 0 saturated carbocycles. The van der Waals surface area contributed by atoms with Gasteiger partial charge in [0, 0.05) is 20.6 Å². The molecular weight excluding hydrogens is 478 g/mol. The number of carbonyl (C=O) groups excluding carboxylic acids is 4. The Kier molecular flexibility index (Phi) is 14.8. The molecule has 0 rings (SSSR count). The van der Waals surface area contributed by atoms with Crippen LogP contribution in [-0.2, 0) is 33.6 Å². The van der Waals surface area contributed by atoms with Crippen molar-refractivity contribution in [2.75, 3.05) is 52.0 Å². The van der Waals surface area contributed by atoms with Gasteiger partial charge >= 0.3 is 12.2 Å². The molecule has 0 aliphatic carbocycles. The van der Waals surface area contributed by atoms with Gasteiger partial charge in [-0.25, -0.2) is 18.0 Å². The highest BCUT2D eigenvalue weighted by molar-refractivity contribution is 7.91. The summed E-state index contributed by atoms with van der Waals surface area (Å²) in [7, 11) is -1.57. The Bertz CT molecular complexity index is 777. The van der Waals surface area contributed by atoms with E-state index < -0.39 is 76.7 Å². The Morgan fingerprint density at radius 2 is 1.62 bits per heavy atom. The van der Waals surface area contributed by atoms with Gasteiger partial charge in [-0.3, -0.25) is 9.59 Å². The quantitative estimate of drug-likeness (QED) is 0.120. The predicted molar refractivity (Wildman–Crippen MR) is 119 cm³/mol. The summed E-state index contributed by atoms with van der Waals surface area (Å²) in [6.07, 6.45) is -3.25. The molecule has 16 heteroatoms. The number of sulfone groups is 1. The lowest BCUT2D eigenvalue weighted by Gasteiger charge is -2.21. The van der Waals surface area contributed by atoms with E-state index in [1.54, 1.807) is 0 Å². The van der Waals surface area contributed by atoms with Crippen LogP contribution in [0.2, 0.25) is 0 Å². The number of nitrogens with two attached hydrogens (primary N) is 1. The first-order valence-electron chi connectivity index (χ1n) is 10.3. The van der Waals surface area contributed by atoms with E-state index in [1.165, 1.54) is 14.1 Å². The third kappa shape index (κ3) is 13.8. The average molecular weight is 514 g/mol. The topological polar surface area (TPSA) is 224 Å². The Labute approximate surface area is 198 Å². The SMILES string of the molecule is CNC(=O)OC[C@H](CS(=O)(=O)C[C@H](N)C(=O)N[C@@H](CO)C(=O)NCCOC(C)C)OC(=O)NC. The highest BCUT2D eigenvalue weighted by atomic mass is 32.2. The van der Waals surface area contributed by atoms with Crippen LogP contribution in [0, 0.1) is 0 Å². The molecule has 4 amide bonds. The first kappa shape index (κ1) is 31.3. The summed E-state index contributed by atoms with van der Waals surface area (Å²) in [4.78, 5) is 47.1. The number of ether oxygens (including phenoxy) is 3. The van der Waals surface area contributed by atoms with E-state index in [-0.39, 0.29) is 19.3 Å². The van der Waals surface area contributed by atoms with E-state index in [0.717, 1.165) is 0 Å². The van der Waals surface area contributed by atoms with Crippen LogP contribution in [0.5, 0.6) is 0 Å². The van der Waals surface area contributed by atoms with Crippen LogP contribution in [0.4, 0.5) is 9.59 Å². The predicted octanol–water partition coefficient (Wildman–Crippen LogP) is -3.17. The summed E-state index contributed by atoms with van der Waals surface area (Å²) in [5.74, 6) is -3.36. The highest BCUT2D eigenvalue weighted by Gasteiger charge is 2.30. The molecule has 0 unspecified atom stereocenters. The Hall–Kier alpha value is -2.69. The fraction of sp³-hybridized carbons (Fsp3) is 0.778. The van der Waals surface area contributed by atoms with Crippen LogP contribution in [0.3, 0.4) is 0 Å². The molecule has 0 aliphatic rings. The van der Waals surface area contributed by atoms with Crippen molar-refractivity contribution in [3.63, 3.8) is 0 Å². The van der Waals surface area contributed by atoms with Crippen LogP contribution >= 0.6 is 0 Å². The van der Waals surface area contributed by atoms with Crippen molar-refractivity contribution in [3.05, 3.63) is 0 Å². The van der Waals surface area contributed by atoms with Crippen LogP contribution in [0.1, 0.15) is 13.8 Å². The number of rotatable bonds is 15. The van der Waals surface area contributed by atoms with E-state index in [4.69, 9.17) is 19.9 Å². The lowest BCUT2D eigenvalue weighted by molar-refractivity contribution is -0.130. The largest absolute Gasteiger partial charge is 0.446 e. The van der Waals surface area contributed by atoms with Gasteiger partial charge < -0.3 is 46.3 Å². The minimum atomic E-state index is -4.10. The zero-order valence-electron chi connectivity index (χ0n) is 19.7. The summed E-state index contributed by atoms with van der Waals surface area (Å²) < 4.78 is 39.8. The standard InChI is InChI=1S/C18H35N5O10S/c1-11(2)31-6-5-22-16(26)14(7-24)23-15(25)13(19)10-34(29,30)9-12(33-18(28)21-4)8-32-17(27)20-3/h11-14,24H,5-10,19H2,1-4H3,(H,20,27)(H,21,28)(H,22,26)(H,23,25)/t12-,13+,14+/m1/s1. The zero-order chi connectivity index (χ0) is 26.3.